The van der Waals surface area contributed by atoms with Gasteiger partial charge in [0.15, 0.2) is 0 Å². The zero-order valence-corrected chi connectivity index (χ0v) is 7.74. The fraction of sp³-hybridized carbons (Fsp3) is 1.00. The monoisotopic (exact) mass is 177 g/mol. The number of nitrogens with two attached hydrogens (primary N) is 1. The van der Waals surface area contributed by atoms with Crippen molar-refractivity contribution in [2.75, 3.05) is 0 Å². The molecule has 0 saturated heterocycles. The molecule has 0 spiro atoms. The molecule has 1 atom stereocenters. The molecule has 72 valence electrons. The predicted molar refractivity (Wildman–Crippen MR) is 45.2 cm³/mol. The van der Waals surface area contributed by atoms with Crippen molar-refractivity contribution < 1.29 is 8.78 Å². The lowest BCUT2D eigenvalue weighted by Crippen LogP contribution is -2.46. The number of hydrogen-bond acceptors (Lipinski definition) is 1. The highest BCUT2D eigenvalue weighted by molar-refractivity contribution is 5.02. The molecule has 1 nitrogen and oxygen atoms in total. The highest BCUT2D eigenvalue weighted by Crippen LogP contribution is 2.50. The van der Waals surface area contributed by atoms with Gasteiger partial charge in [0, 0.05) is 6.42 Å². The average Bonchev–Trinajstić information content (AvgIpc) is 2.27. The van der Waals surface area contributed by atoms with E-state index in [1.807, 2.05) is 13.8 Å². The zero-order chi connectivity index (χ0) is 9.41. The zero-order valence-electron chi connectivity index (χ0n) is 7.74. The second-order valence-electron chi connectivity index (χ2n) is 3.81. The van der Waals surface area contributed by atoms with Crippen LogP contribution in [0.3, 0.4) is 0 Å². The number of alkyl halides is 2. The van der Waals surface area contributed by atoms with Crippen LogP contribution in [0, 0.1) is 5.41 Å². The fourth-order valence-corrected chi connectivity index (χ4v) is 2.22. The van der Waals surface area contributed by atoms with Gasteiger partial charge in [-0.25, -0.2) is 8.78 Å². The number of rotatable bonds is 2. The van der Waals surface area contributed by atoms with E-state index in [9.17, 15) is 8.78 Å². The van der Waals surface area contributed by atoms with Crippen molar-refractivity contribution in [1.82, 2.24) is 0 Å². The van der Waals surface area contributed by atoms with Crippen molar-refractivity contribution in [2.45, 2.75) is 51.5 Å². The molecular weight excluding hydrogens is 160 g/mol. The first-order valence-electron chi connectivity index (χ1n) is 4.62. The molecule has 1 saturated carbocycles. The van der Waals surface area contributed by atoms with Crippen LogP contribution in [-0.4, -0.2) is 12.0 Å². The van der Waals surface area contributed by atoms with Crippen LogP contribution >= 0.6 is 0 Å². The van der Waals surface area contributed by atoms with Gasteiger partial charge in [0.05, 0.1) is 6.04 Å². The van der Waals surface area contributed by atoms with Crippen molar-refractivity contribution in [3.63, 3.8) is 0 Å². The summed E-state index contributed by atoms with van der Waals surface area (Å²) in [6.07, 6.45) is 2.07. The van der Waals surface area contributed by atoms with Crippen molar-refractivity contribution in [2.24, 2.45) is 11.1 Å². The maximum Gasteiger partial charge on any atom is 0.263 e. The van der Waals surface area contributed by atoms with Crippen molar-refractivity contribution in [1.29, 1.82) is 0 Å². The first-order valence-corrected chi connectivity index (χ1v) is 4.62. The third kappa shape index (κ3) is 1.24. The van der Waals surface area contributed by atoms with E-state index in [2.05, 4.69) is 0 Å². The van der Waals surface area contributed by atoms with E-state index < -0.39 is 12.0 Å². The van der Waals surface area contributed by atoms with Gasteiger partial charge in [-0.1, -0.05) is 13.8 Å². The molecule has 0 heterocycles. The quantitative estimate of drug-likeness (QED) is 0.689. The van der Waals surface area contributed by atoms with Crippen LogP contribution in [-0.2, 0) is 0 Å². The Balaban J connectivity index is 2.83. The van der Waals surface area contributed by atoms with Crippen molar-refractivity contribution in [3.05, 3.63) is 0 Å². The fourth-order valence-electron chi connectivity index (χ4n) is 2.22. The smallest absolute Gasteiger partial charge is 0.263 e. The largest absolute Gasteiger partial charge is 0.322 e. The van der Waals surface area contributed by atoms with Crippen LogP contribution < -0.4 is 5.73 Å². The molecule has 0 aromatic heterocycles. The Kier molecular flexibility index (Phi) is 2.43. The predicted octanol–water partition coefficient (Wildman–Crippen LogP) is 2.55. The molecule has 0 amide bonds. The summed E-state index contributed by atoms with van der Waals surface area (Å²) in [6, 6.07) is -0.931. The maximum atomic E-state index is 13.1. The highest BCUT2D eigenvalue weighted by atomic mass is 19.3. The van der Waals surface area contributed by atoms with Crippen LogP contribution in [0.2, 0.25) is 0 Å². The summed E-state index contributed by atoms with van der Waals surface area (Å²) in [4.78, 5) is 0. The summed E-state index contributed by atoms with van der Waals surface area (Å²) in [7, 11) is 0. The number of halogens is 2. The number of hydrogen-bond donors (Lipinski definition) is 1. The molecule has 2 N–H and O–H groups in total. The Morgan fingerprint density at radius 2 is 1.75 bits per heavy atom. The van der Waals surface area contributed by atoms with E-state index in [0.29, 0.717) is 6.42 Å². The third-order valence-corrected chi connectivity index (χ3v) is 3.48. The van der Waals surface area contributed by atoms with Crippen LogP contribution in [0.15, 0.2) is 0 Å². The summed E-state index contributed by atoms with van der Waals surface area (Å²) in [5.41, 5.74) is 5.26. The van der Waals surface area contributed by atoms with Crippen LogP contribution in [0.1, 0.15) is 39.5 Å². The minimum Gasteiger partial charge on any atom is -0.322 e. The summed E-state index contributed by atoms with van der Waals surface area (Å²) >= 11 is 0. The van der Waals surface area contributed by atoms with Gasteiger partial charge in [0.2, 0.25) is 0 Å². The lowest BCUT2D eigenvalue weighted by molar-refractivity contribution is -0.0255. The normalized spacial score (nSPS) is 32.2. The Labute approximate surface area is 72.3 Å². The Morgan fingerprint density at radius 3 is 1.92 bits per heavy atom. The lowest BCUT2D eigenvalue weighted by Gasteiger charge is -2.32. The second kappa shape index (κ2) is 2.95. The van der Waals surface area contributed by atoms with Gasteiger partial charge in [0.25, 0.3) is 5.92 Å². The maximum absolute atomic E-state index is 13.1. The van der Waals surface area contributed by atoms with Gasteiger partial charge in [0.1, 0.15) is 0 Å². The van der Waals surface area contributed by atoms with Gasteiger partial charge in [-0.05, 0) is 24.7 Å². The molecule has 0 aromatic rings. The molecule has 12 heavy (non-hydrogen) atoms. The second-order valence-corrected chi connectivity index (χ2v) is 3.81. The van der Waals surface area contributed by atoms with Crippen LogP contribution in [0.4, 0.5) is 8.78 Å². The highest BCUT2D eigenvalue weighted by Gasteiger charge is 2.54. The van der Waals surface area contributed by atoms with Gasteiger partial charge in [-0.2, -0.15) is 0 Å². The SMILES string of the molecule is CCC1(CC)CCC(F)(F)[C@H]1N. The topological polar surface area (TPSA) is 26.0 Å². The molecule has 1 aliphatic rings. The standard InChI is InChI=1S/C9H17F2N/c1-3-8(4-2)5-6-9(10,11)7(8)12/h7H,3-6,12H2,1-2H3/t7-/m0/s1. The minimum atomic E-state index is -2.63. The van der Waals surface area contributed by atoms with Gasteiger partial charge in [-0.15, -0.1) is 0 Å². The summed E-state index contributed by atoms with van der Waals surface area (Å²) < 4.78 is 26.2. The molecule has 1 rings (SSSR count). The molecular formula is C9H17F2N. The molecule has 3 heteroatoms. The third-order valence-electron chi connectivity index (χ3n) is 3.48. The summed E-state index contributed by atoms with van der Waals surface area (Å²) in [5, 5.41) is 0. The van der Waals surface area contributed by atoms with E-state index >= 15 is 0 Å². The minimum absolute atomic E-state index is 0.0319. The van der Waals surface area contributed by atoms with Gasteiger partial charge in [-0.3, -0.25) is 0 Å². The van der Waals surface area contributed by atoms with Crippen molar-refractivity contribution >= 4 is 0 Å². The summed E-state index contributed by atoms with van der Waals surface area (Å²) in [6.45, 7) is 3.90. The molecule has 0 bridgehead atoms. The Hall–Kier alpha value is -0.180. The molecule has 1 fully saturated rings. The molecule has 0 aliphatic heterocycles. The van der Waals surface area contributed by atoms with Gasteiger partial charge >= 0.3 is 0 Å². The van der Waals surface area contributed by atoms with Crippen molar-refractivity contribution in [3.8, 4) is 0 Å². The van der Waals surface area contributed by atoms with Gasteiger partial charge < -0.3 is 5.73 Å². The van der Waals surface area contributed by atoms with E-state index in [1.165, 1.54) is 0 Å². The first kappa shape index (κ1) is 9.90. The Bertz CT molecular complexity index is 164. The van der Waals surface area contributed by atoms with E-state index in [0.717, 1.165) is 12.8 Å². The molecule has 0 radical (unpaired) electrons. The lowest BCUT2D eigenvalue weighted by atomic mass is 9.77. The molecule has 1 aliphatic carbocycles. The average molecular weight is 177 g/mol. The molecule has 0 unspecified atom stereocenters. The van der Waals surface area contributed by atoms with E-state index in [-0.39, 0.29) is 11.8 Å². The van der Waals surface area contributed by atoms with Crippen LogP contribution in [0.25, 0.3) is 0 Å². The van der Waals surface area contributed by atoms with E-state index in [4.69, 9.17) is 5.73 Å². The molecule has 0 aromatic carbocycles. The first-order chi connectivity index (χ1) is 5.48. The Morgan fingerprint density at radius 1 is 1.25 bits per heavy atom. The van der Waals surface area contributed by atoms with Crippen LogP contribution in [0.5, 0.6) is 0 Å². The summed E-state index contributed by atoms with van der Waals surface area (Å²) in [5.74, 6) is -2.63. The van der Waals surface area contributed by atoms with E-state index in [1.54, 1.807) is 0 Å².